The number of hydrogen-bond acceptors (Lipinski definition) is 6. The van der Waals surface area contributed by atoms with Crippen LogP contribution in [-0.4, -0.2) is 30.2 Å². The fourth-order valence-electron chi connectivity index (χ4n) is 1.46. The van der Waals surface area contributed by atoms with E-state index in [1.807, 2.05) is 6.92 Å². The molecule has 4 N–H and O–H groups in total. The van der Waals surface area contributed by atoms with Crippen molar-refractivity contribution in [3.63, 3.8) is 0 Å². The number of rotatable bonds is 2. The third kappa shape index (κ3) is 1.30. The van der Waals surface area contributed by atoms with Crippen molar-refractivity contribution in [2.75, 3.05) is 11.7 Å². The largest absolute Gasteiger partial charge is 0.321 e. The van der Waals surface area contributed by atoms with Crippen LogP contribution in [0.1, 0.15) is 18.3 Å². The van der Waals surface area contributed by atoms with Gasteiger partial charge in [0.15, 0.2) is 0 Å². The van der Waals surface area contributed by atoms with E-state index in [2.05, 4.69) is 20.6 Å². The fourth-order valence-corrected chi connectivity index (χ4v) is 1.46. The number of aryl methyl sites for hydroxylation is 2. The summed E-state index contributed by atoms with van der Waals surface area (Å²) < 4.78 is 0. The molecule has 0 aliphatic carbocycles. The third-order valence-corrected chi connectivity index (χ3v) is 2.19. The normalized spacial score (nSPS) is 10.8. The van der Waals surface area contributed by atoms with E-state index in [0.29, 0.717) is 17.1 Å². The summed E-state index contributed by atoms with van der Waals surface area (Å²) in [5.74, 6) is 11.3. The average molecular weight is 208 g/mol. The number of hydrogen-bond donors (Lipinski definition) is 2. The minimum atomic E-state index is 0.638. The van der Waals surface area contributed by atoms with Crippen molar-refractivity contribution in [3.8, 4) is 11.4 Å². The lowest BCUT2D eigenvalue weighted by Gasteiger charge is -2.02. The van der Waals surface area contributed by atoms with Crippen molar-refractivity contribution < 1.29 is 0 Å². The first kappa shape index (κ1) is 9.44. The maximum atomic E-state index is 5.66. The molecule has 80 valence electrons. The van der Waals surface area contributed by atoms with E-state index >= 15 is 0 Å². The summed E-state index contributed by atoms with van der Waals surface area (Å²) in [7, 11) is 0. The highest BCUT2D eigenvalue weighted by Crippen LogP contribution is 2.21. The number of nitrogens with two attached hydrogens (primary N) is 2. The van der Waals surface area contributed by atoms with Crippen LogP contribution in [0.5, 0.6) is 0 Å². The maximum Gasteiger partial charge on any atom is 0.137 e. The molecule has 0 atom stereocenters. The van der Waals surface area contributed by atoms with Gasteiger partial charge in [0.1, 0.15) is 11.4 Å². The van der Waals surface area contributed by atoms with Gasteiger partial charge >= 0.3 is 0 Å². The van der Waals surface area contributed by atoms with Crippen LogP contribution >= 0.6 is 0 Å². The van der Waals surface area contributed by atoms with Crippen LogP contribution in [0.2, 0.25) is 0 Å². The van der Waals surface area contributed by atoms with Gasteiger partial charge in [0.2, 0.25) is 0 Å². The molecule has 8 heteroatoms. The van der Waals surface area contributed by atoms with Crippen LogP contribution in [-0.2, 0) is 6.42 Å². The Morgan fingerprint density at radius 1 is 1.07 bits per heavy atom. The van der Waals surface area contributed by atoms with Gasteiger partial charge in [0.25, 0.3) is 0 Å². The maximum absolute atomic E-state index is 5.66. The van der Waals surface area contributed by atoms with E-state index in [1.54, 1.807) is 6.92 Å². The molecule has 2 rings (SSSR count). The van der Waals surface area contributed by atoms with Gasteiger partial charge in [-0.25, -0.2) is 0 Å². The van der Waals surface area contributed by atoms with Gasteiger partial charge in [-0.1, -0.05) is 6.92 Å². The van der Waals surface area contributed by atoms with Crippen molar-refractivity contribution in [1.82, 2.24) is 30.2 Å². The molecule has 0 spiro atoms. The monoisotopic (exact) mass is 208 g/mol. The zero-order valence-electron chi connectivity index (χ0n) is 8.55. The quantitative estimate of drug-likeness (QED) is 0.601. The third-order valence-electron chi connectivity index (χ3n) is 2.19. The molecule has 0 aliphatic rings. The van der Waals surface area contributed by atoms with Gasteiger partial charge in [-0.15, -0.1) is 10.2 Å². The lowest BCUT2D eigenvalue weighted by molar-refractivity contribution is 0.745. The molecule has 0 fully saturated rings. The van der Waals surface area contributed by atoms with E-state index < -0.39 is 0 Å². The van der Waals surface area contributed by atoms with Crippen molar-refractivity contribution in [2.24, 2.45) is 0 Å². The fraction of sp³-hybridized carbons (Fsp3) is 0.429. The van der Waals surface area contributed by atoms with E-state index in [1.165, 1.54) is 9.58 Å². The van der Waals surface area contributed by atoms with E-state index in [0.717, 1.165) is 12.1 Å². The molecule has 0 aliphatic heterocycles. The second-order valence-electron chi connectivity index (χ2n) is 3.15. The lowest BCUT2D eigenvalue weighted by atomic mass is 10.2. The highest BCUT2D eigenvalue weighted by molar-refractivity contribution is 5.60. The molecule has 2 heterocycles. The predicted octanol–water partition coefficient (Wildman–Crippen LogP) is -1.16. The molecule has 2 aromatic rings. The molecule has 0 unspecified atom stereocenters. The van der Waals surface area contributed by atoms with Crippen molar-refractivity contribution in [3.05, 3.63) is 11.4 Å². The Morgan fingerprint density at radius 3 is 2.20 bits per heavy atom. The smallest absolute Gasteiger partial charge is 0.137 e. The summed E-state index contributed by atoms with van der Waals surface area (Å²) in [6.07, 6.45) is 0.719. The summed E-state index contributed by atoms with van der Waals surface area (Å²) in [5.41, 5.74) is 2.76. The first-order valence-electron chi connectivity index (χ1n) is 4.52. The van der Waals surface area contributed by atoms with Crippen molar-refractivity contribution in [2.45, 2.75) is 20.3 Å². The Hall–Kier alpha value is -2.12. The second kappa shape index (κ2) is 3.23. The second-order valence-corrected chi connectivity index (χ2v) is 3.15. The highest BCUT2D eigenvalue weighted by atomic mass is 15.6. The molecule has 2 aromatic heterocycles. The molecule has 0 bridgehead atoms. The van der Waals surface area contributed by atoms with Gasteiger partial charge < -0.3 is 11.7 Å². The predicted molar refractivity (Wildman–Crippen MR) is 53.5 cm³/mol. The summed E-state index contributed by atoms with van der Waals surface area (Å²) in [6, 6.07) is 0. The van der Waals surface area contributed by atoms with E-state index in [9.17, 15) is 0 Å². The number of nitrogens with zero attached hydrogens (tertiary/aromatic N) is 6. The van der Waals surface area contributed by atoms with E-state index in [4.69, 9.17) is 11.7 Å². The molecule has 0 radical (unpaired) electrons. The summed E-state index contributed by atoms with van der Waals surface area (Å²) in [6.45, 7) is 3.77. The van der Waals surface area contributed by atoms with Crippen molar-refractivity contribution >= 4 is 0 Å². The molecular weight excluding hydrogens is 196 g/mol. The van der Waals surface area contributed by atoms with Crippen LogP contribution < -0.4 is 11.7 Å². The van der Waals surface area contributed by atoms with E-state index in [-0.39, 0.29) is 0 Å². The molecule has 15 heavy (non-hydrogen) atoms. The average Bonchev–Trinajstić information content (AvgIpc) is 2.71. The SMILES string of the molecule is CCc1nnn(N)c1-c1c(C)nnn1N. The molecule has 0 saturated heterocycles. The molecule has 0 amide bonds. The summed E-state index contributed by atoms with van der Waals surface area (Å²) in [4.78, 5) is 2.37. The lowest BCUT2D eigenvalue weighted by Crippen LogP contribution is -2.18. The van der Waals surface area contributed by atoms with Crippen LogP contribution in [0, 0.1) is 6.92 Å². The Kier molecular flexibility index (Phi) is 2.03. The highest BCUT2D eigenvalue weighted by Gasteiger charge is 2.19. The van der Waals surface area contributed by atoms with Gasteiger partial charge in [0, 0.05) is 0 Å². The van der Waals surface area contributed by atoms with Crippen LogP contribution in [0.15, 0.2) is 0 Å². The van der Waals surface area contributed by atoms with Gasteiger partial charge in [-0.05, 0) is 23.8 Å². The number of nitrogen functional groups attached to an aromatic ring is 2. The molecular formula is C7H12N8. The first-order valence-corrected chi connectivity index (χ1v) is 4.52. The first-order chi connectivity index (χ1) is 7.15. The Balaban J connectivity index is 2.67. The van der Waals surface area contributed by atoms with Crippen LogP contribution in [0.3, 0.4) is 0 Å². The number of aromatic nitrogens is 6. The van der Waals surface area contributed by atoms with Crippen LogP contribution in [0.4, 0.5) is 0 Å². The van der Waals surface area contributed by atoms with Gasteiger partial charge in [0.05, 0.1) is 11.4 Å². The molecule has 8 nitrogen and oxygen atoms in total. The minimum Gasteiger partial charge on any atom is -0.321 e. The minimum absolute atomic E-state index is 0.638. The molecule has 0 aromatic carbocycles. The van der Waals surface area contributed by atoms with Gasteiger partial charge in [-0.3, -0.25) is 0 Å². The zero-order valence-corrected chi connectivity index (χ0v) is 8.55. The molecule has 0 saturated carbocycles. The van der Waals surface area contributed by atoms with Gasteiger partial charge in [-0.2, -0.15) is 9.58 Å². The Bertz CT molecular complexity index is 462. The zero-order chi connectivity index (χ0) is 11.0. The summed E-state index contributed by atoms with van der Waals surface area (Å²) >= 11 is 0. The topological polar surface area (TPSA) is 113 Å². The summed E-state index contributed by atoms with van der Waals surface area (Å²) in [5, 5.41) is 15.2. The Morgan fingerprint density at radius 2 is 1.67 bits per heavy atom. The van der Waals surface area contributed by atoms with Crippen molar-refractivity contribution in [1.29, 1.82) is 0 Å². The van der Waals surface area contributed by atoms with Crippen LogP contribution in [0.25, 0.3) is 11.4 Å². The Labute approximate surface area is 85.8 Å². The standard InChI is InChI=1S/C7H12N8/c1-3-5-7(15(9)13-11-5)6-4(2)10-12-14(6)8/h3,8-9H2,1-2H3.